The first-order chi connectivity index (χ1) is 12.5. The van der Waals surface area contributed by atoms with Crippen LogP contribution in [0.15, 0.2) is 48.5 Å². The average Bonchev–Trinajstić information content (AvgIpc) is 2.62. The molecule has 0 heterocycles. The van der Waals surface area contributed by atoms with Crippen LogP contribution in [0.3, 0.4) is 0 Å². The Hall–Kier alpha value is -3.33. The van der Waals surface area contributed by atoms with Gasteiger partial charge < -0.3 is 14.8 Å². The topological polar surface area (TPSA) is 88.4 Å². The summed E-state index contributed by atoms with van der Waals surface area (Å²) in [5, 5.41) is 11.6. The fourth-order valence-corrected chi connectivity index (χ4v) is 2.19. The number of para-hydroxylation sites is 1. The number of hydrogen-bond donors (Lipinski definition) is 1. The van der Waals surface area contributed by atoms with Gasteiger partial charge in [0.1, 0.15) is 11.8 Å². The minimum atomic E-state index is -0.979. The van der Waals surface area contributed by atoms with Crippen LogP contribution < -0.4 is 10.1 Å². The van der Waals surface area contributed by atoms with Crippen molar-refractivity contribution in [2.75, 3.05) is 11.9 Å². The number of esters is 1. The third-order valence-electron chi connectivity index (χ3n) is 3.55. The van der Waals surface area contributed by atoms with E-state index in [1.54, 1.807) is 30.3 Å². The summed E-state index contributed by atoms with van der Waals surface area (Å²) < 4.78 is 10.6. The number of amides is 1. The summed E-state index contributed by atoms with van der Waals surface area (Å²) in [5.41, 5.74) is 1.78. The molecule has 1 atom stereocenters. The van der Waals surface area contributed by atoms with E-state index in [0.29, 0.717) is 17.0 Å². The molecule has 0 unspecified atom stereocenters. The highest BCUT2D eigenvalue weighted by Gasteiger charge is 2.18. The second-order valence-corrected chi connectivity index (χ2v) is 5.69. The normalized spacial score (nSPS) is 11.1. The Balaban J connectivity index is 1.79. The number of nitrogens with zero attached hydrogens (tertiary/aromatic N) is 1. The molecule has 0 aromatic heterocycles. The van der Waals surface area contributed by atoms with Gasteiger partial charge in [-0.05, 0) is 43.7 Å². The molecule has 2 rings (SSSR count). The molecule has 0 spiro atoms. The summed E-state index contributed by atoms with van der Waals surface area (Å²) in [7, 11) is 0. The summed E-state index contributed by atoms with van der Waals surface area (Å²) in [6.07, 6.45) is -0.950. The van der Waals surface area contributed by atoms with E-state index in [2.05, 4.69) is 5.32 Å². The van der Waals surface area contributed by atoms with E-state index in [1.165, 1.54) is 6.92 Å². The molecule has 0 aliphatic rings. The highest BCUT2D eigenvalue weighted by Crippen LogP contribution is 2.15. The van der Waals surface area contributed by atoms with E-state index >= 15 is 0 Å². The van der Waals surface area contributed by atoms with Crippen molar-refractivity contribution in [1.82, 2.24) is 0 Å². The molecule has 0 bridgehead atoms. The Morgan fingerprint density at radius 2 is 1.96 bits per heavy atom. The summed E-state index contributed by atoms with van der Waals surface area (Å²) in [6, 6.07) is 16.1. The second kappa shape index (κ2) is 9.23. The van der Waals surface area contributed by atoms with Crippen LogP contribution in [0.2, 0.25) is 0 Å². The van der Waals surface area contributed by atoms with Gasteiger partial charge in [-0.3, -0.25) is 9.59 Å². The Morgan fingerprint density at radius 3 is 2.69 bits per heavy atom. The molecular formula is C20H20N2O4. The zero-order valence-corrected chi connectivity index (χ0v) is 14.7. The van der Waals surface area contributed by atoms with Gasteiger partial charge in [-0.25, -0.2) is 0 Å². The van der Waals surface area contributed by atoms with Gasteiger partial charge >= 0.3 is 5.97 Å². The SMILES string of the molecule is Cc1cccc(OCCC(=O)O[C@@H](C)C(=O)Nc2ccccc2C#N)c1. The molecular weight excluding hydrogens is 332 g/mol. The molecule has 0 saturated heterocycles. The van der Waals surface area contributed by atoms with Gasteiger partial charge in [0.15, 0.2) is 6.10 Å². The van der Waals surface area contributed by atoms with Gasteiger partial charge in [0, 0.05) is 0 Å². The Bertz CT molecular complexity index is 827. The number of nitrogens with one attached hydrogen (secondary N) is 1. The van der Waals surface area contributed by atoms with Gasteiger partial charge in [-0.1, -0.05) is 24.3 Å². The first kappa shape index (κ1) is 19.0. The highest BCUT2D eigenvalue weighted by molar-refractivity contribution is 5.96. The minimum absolute atomic E-state index is 0.0281. The maximum Gasteiger partial charge on any atom is 0.310 e. The van der Waals surface area contributed by atoms with Crippen molar-refractivity contribution in [2.24, 2.45) is 0 Å². The monoisotopic (exact) mass is 352 g/mol. The summed E-state index contributed by atoms with van der Waals surface area (Å²) in [4.78, 5) is 24.0. The number of benzene rings is 2. The maximum absolute atomic E-state index is 12.1. The molecule has 2 aromatic rings. The zero-order chi connectivity index (χ0) is 18.9. The number of ether oxygens (including phenoxy) is 2. The smallest absolute Gasteiger partial charge is 0.310 e. The van der Waals surface area contributed by atoms with Crippen molar-refractivity contribution in [3.63, 3.8) is 0 Å². The molecule has 0 radical (unpaired) electrons. The van der Waals surface area contributed by atoms with Crippen molar-refractivity contribution in [2.45, 2.75) is 26.4 Å². The summed E-state index contributed by atoms with van der Waals surface area (Å²) in [6.45, 7) is 3.59. The summed E-state index contributed by atoms with van der Waals surface area (Å²) >= 11 is 0. The van der Waals surface area contributed by atoms with Crippen LogP contribution in [0.1, 0.15) is 24.5 Å². The molecule has 1 N–H and O–H groups in total. The molecule has 134 valence electrons. The number of anilines is 1. The standard InChI is InChI=1S/C20H20N2O4/c1-14-6-5-8-17(12-14)25-11-10-19(23)26-15(2)20(24)22-18-9-4-3-7-16(18)13-21/h3-9,12,15H,10-11H2,1-2H3,(H,22,24)/t15-/m0/s1. The lowest BCUT2D eigenvalue weighted by Gasteiger charge is -2.14. The number of carbonyl (C=O) groups is 2. The molecule has 26 heavy (non-hydrogen) atoms. The lowest BCUT2D eigenvalue weighted by Crippen LogP contribution is -2.30. The number of carbonyl (C=O) groups excluding carboxylic acids is 2. The van der Waals surface area contributed by atoms with Crippen LogP contribution in [0.25, 0.3) is 0 Å². The fraction of sp³-hybridized carbons (Fsp3) is 0.250. The Morgan fingerprint density at radius 1 is 1.19 bits per heavy atom. The quantitative estimate of drug-likeness (QED) is 0.773. The van der Waals surface area contributed by atoms with Gasteiger partial charge in [-0.15, -0.1) is 0 Å². The van der Waals surface area contributed by atoms with E-state index in [0.717, 1.165) is 5.56 Å². The molecule has 6 heteroatoms. The van der Waals surface area contributed by atoms with Crippen LogP contribution in [-0.2, 0) is 14.3 Å². The third kappa shape index (κ3) is 5.64. The fourth-order valence-electron chi connectivity index (χ4n) is 2.19. The van der Waals surface area contributed by atoms with E-state index < -0.39 is 18.0 Å². The van der Waals surface area contributed by atoms with Crippen LogP contribution in [0, 0.1) is 18.3 Å². The summed E-state index contributed by atoms with van der Waals surface area (Å²) in [5.74, 6) is -0.355. The van der Waals surface area contributed by atoms with Crippen molar-refractivity contribution < 1.29 is 19.1 Å². The van der Waals surface area contributed by atoms with Crippen LogP contribution in [0.4, 0.5) is 5.69 Å². The third-order valence-corrected chi connectivity index (χ3v) is 3.55. The van der Waals surface area contributed by atoms with Crippen molar-refractivity contribution in [3.05, 3.63) is 59.7 Å². The average molecular weight is 352 g/mol. The van der Waals surface area contributed by atoms with Gasteiger partial charge in [0.2, 0.25) is 0 Å². The number of aryl methyl sites for hydroxylation is 1. The molecule has 2 aromatic carbocycles. The van der Waals surface area contributed by atoms with E-state index in [9.17, 15) is 9.59 Å². The number of nitriles is 1. The molecule has 0 aliphatic carbocycles. The van der Waals surface area contributed by atoms with Gasteiger partial charge in [-0.2, -0.15) is 5.26 Å². The first-order valence-corrected chi connectivity index (χ1v) is 8.18. The van der Waals surface area contributed by atoms with E-state index in [-0.39, 0.29) is 13.0 Å². The predicted octanol–water partition coefficient (Wildman–Crippen LogP) is 3.21. The van der Waals surface area contributed by atoms with Crippen LogP contribution in [-0.4, -0.2) is 24.6 Å². The molecule has 0 aliphatic heterocycles. The van der Waals surface area contributed by atoms with Crippen molar-refractivity contribution in [3.8, 4) is 11.8 Å². The molecule has 0 saturated carbocycles. The van der Waals surface area contributed by atoms with Gasteiger partial charge in [0.05, 0.1) is 24.3 Å². The lowest BCUT2D eigenvalue weighted by atomic mass is 10.2. The number of rotatable bonds is 7. The number of hydrogen-bond acceptors (Lipinski definition) is 5. The Kier molecular flexibility index (Phi) is 6.75. The lowest BCUT2D eigenvalue weighted by molar-refractivity contribution is -0.153. The van der Waals surface area contributed by atoms with Crippen LogP contribution in [0.5, 0.6) is 5.75 Å². The predicted molar refractivity (Wildman–Crippen MR) is 96.6 cm³/mol. The largest absolute Gasteiger partial charge is 0.493 e. The van der Waals surface area contributed by atoms with Crippen molar-refractivity contribution in [1.29, 1.82) is 5.26 Å². The van der Waals surface area contributed by atoms with E-state index in [1.807, 2.05) is 31.2 Å². The highest BCUT2D eigenvalue weighted by atomic mass is 16.5. The minimum Gasteiger partial charge on any atom is -0.493 e. The Labute approximate surface area is 152 Å². The second-order valence-electron chi connectivity index (χ2n) is 5.69. The van der Waals surface area contributed by atoms with Crippen LogP contribution >= 0.6 is 0 Å². The van der Waals surface area contributed by atoms with E-state index in [4.69, 9.17) is 14.7 Å². The molecule has 1 amide bonds. The van der Waals surface area contributed by atoms with Gasteiger partial charge in [0.25, 0.3) is 5.91 Å². The first-order valence-electron chi connectivity index (χ1n) is 8.18. The molecule has 0 fully saturated rings. The zero-order valence-electron chi connectivity index (χ0n) is 14.7. The maximum atomic E-state index is 12.1. The molecule has 6 nitrogen and oxygen atoms in total. The van der Waals surface area contributed by atoms with Crippen molar-refractivity contribution >= 4 is 17.6 Å².